The molecule has 4 heteroatoms. The summed E-state index contributed by atoms with van der Waals surface area (Å²) < 4.78 is 0. The largest absolute Gasteiger partial charge is 0.326 e. The van der Waals surface area contributed by atoms with Crippen molar-refractivity contribution in [2.75, 3.05) is 18.4 Å². The number of hydrogen-bond donors (Lipinski definition) is 2. The van der Waals surface area contributed by atoms with E-state index in [1.807, 2.05) is 12.1 Å². The van der Waals surface area contributed by atoms with Crippen molar-refractivity contribution in [2.24, 2.45) is 5.41 Å². The van der Waals surface area contributed by atoms with E-state index in [-0.39, 0.29) is 11.3 Å². The average Bonchev–Trinajstić information content (AvgIpc) is 2.42. The Morgan fingerprint density at radius 3 is 2.50 bits per heavy atom. The highest BCUT2D eigenvalue weighted by molar-refractivity contribution is 6.30. The minimum absolute atomic E-state index is 0.133. The molecule has 18 heavy (non-hydrogen) atoms. The first-order chi connectivity index (χ1) is 8.66. The van der Waals surface area contributed by atoms with Gasteiger partial charge in [0.2, 0.25) is 5.91 Å². The molecular formula is C14H19ClN2O. The zero-order valence-electron chi connectivity index (χ0n) is 10.6. The molecule has 0 spiro atoms. The van der Waals surface area contributed by atoms with Crippen molar-refractivity contribution in [2.45, 2.75) is 26.2 Å². The first-order valence-electron chi connectivity index (χ1n) is 6.44. The molecule has 1 aromatic carbocycles. The molecule has 1 fully saturated rings. The SMILES string of the molecule is CCC1(C(=O)Nc2ccc(Cl)cc2)CCNCC1. The van der Waals surface area contributed by atoms with Crippen molar-refractivity contribution >= 4 is 23.2 Å². The maximum atomic E-state index is 12.4. The highest BCUT2D eigenvalue weighted by Gasteiger charge is 2.37. The number of nitrogens with one attached hydrogen (secondary N) is 2. The molecule has 1 amide bonds. The van der Waals surface area contributed by atoms with E-state index in [2.05, 4.69) is 17.6 Å². The molecule has 1 heterocycles. The number of rotatable bonds is 3. The zero-order chi connectivity index (χ0) is 13.0. The Labute approximate surface area is 113 Å². The molecule has 0 aliphatic carbocycles. The second-order valence-electron chi connectivity index (χ2n) is 4.84. The molecular weight excluding hydrogens is 248 g/mol. The van der Waals surface area contributed by atoms with Gasteiger partial charge in [0.25, 0.3) is 0 Å². The summed E-state index contributed by atoms with van der Waals surface area (Å²) in [6.07, 6.45) is 2.69. The molecule has 0 aromatic heterocycles. The van der Waals surface area contributed by atoms with Gasteiger partial charge in [0.1, 0.15) is 0 Å². The average molecular weight is 267 g/mol. The third kappa shape index (κ3) is 2.85. The first kappa shape index (κ1) is 13.4. The fourth-order valence-corrected chi connectivity index (χ4v) is 2.57. The maximum absolute atomic E-state index is 12.4. The second kappa shape index (κ2) is 5.72. The van der Waals surface area contributed by atoms with E-state index in [0.29, 0.717) is 5.02 Å². The Hall–Kier alpha value is -1.06. The van der Waals surface area contributed by atoms with E-state index in [1.165, 1.54) is 0 Å². The van der Waals surface area contributed by atoms with Crippen LogP contribution in [0.25, 0.3) is 0 Å². The summed E-state index contributed by atoms with van der Waals surface area (Å²) in [5.41, 5.74) is 0.598. The molecule has 1 aromatic rings. The predicted octanol–water partition coefficient (Wildman–Crippen LogP) is 3.06. The van der Waals surface area contributed by atoms with Crippen molar-refractivity contribution in [3.8, 4) is 0 Å². The van der Waals surface area contributed by atoms with E-state index in [0.717, 1.165) is 38.0 Å². The van der Waals surface area contributed by atoms with Gasteiger partial charge in [0, 0.05) is 10.7 Å². The van der Waals surface area contributed by atoms with E-state index in [1.54, 1.807) is 12.1 Å². The van der Waals surface area contributed by atoms with Crippen LogP contribution in [0.15, 0.2) is 24.3 Å². The summed E-state index contributed by atoms with van der Waals surface area (Å²) in [7, 11) is 0. The highest BCUT2D eigenvalue weighted by Crippen LogP contribution is 2.33. The molecule has 0 saturated carbocycles. The van der Waals surface area contributed by atoms with Gasteiger partial charge >= 0.3 is 0 Å². The van der Waals surface area contributed by atoms with Crippen molar-refractivity contribution in [1.82, 2.24) is 5.32 Å². The molecule has 0 radical (unpaired) electrons. The monoisotopic (exact) mass is 266 g/mol. The van der Waals surface area contributed by atoms with Crippen molar-refractivity contribution in [3.63, 3.8) is 0 Å². The summed E-state index contributed by atoms with van der Waals surface area (Å²) in [5.74, 6) is 0.133. The lowest BCUT2D eigenvalue weighted by atomic mass is 9.76. The minimum atomic E-state index is -0.217. The summed E-state index contributed by atoms with van der Waals surface area (Å²) in [6.45, 7) is 3.93. The topological polar surface area (TPSA) is 41.1 Å². The van der Waals surface area contributed by atoms with Gasteiger partial charge in [-0.1, -0.05) is 18.5 Å². The maximum Gasteiger partial charge on any atom is 0.230 e. The van der Waals surface area contributed by atoms with Crippen molar-refractivity contribution in [3.05, 3.63) is 29.3 Å². The van der Waals surface area contributed by atoms with Gasteiger partial charge in [-0.3, -0.25) is 4.79 Å². The van der Waals surface area contributed by atoms with E-state index in [9.17, 15) is 4.79 Å². The molecule has 98 valence electrons. The number of amides is 1. The van der Waals surface area contributed by atoms with Crippen LogP contribution >= 0.6 is 11.6 Å². The molecule has 2 rings (SSSR count). The molecule has 3 nitrogen and oxygen atoms in total. The summed E-state index contributed by atoms with van der Waals surface area (Å²) >= 11 is 5.83. The number of carbonyl (C=O) groups excluding carboxylic acids is 1. The third-order valence-corrected chi connectivity index (χ3v) is 4.07. The normalized spacial score (nSPS) is 18.3. The number of piperidine rings is 1. The van der Waals surface area contributed by atoms with Gasteiger partial charge < -0.3 is 10.6 Å². The van der Waals surface area contributed by atoms with Crippen molar-refractivity contribution in [1.29, 1.82) is 0 Å². The van der Waals surface area contributed by atoms with Crippen LogP contribution in [-0.4, -0.2) is 19.0 Å². The molecule has 0 unspecified atom stereocenters. The van der Waals surface area contributed by atoms with E-state index in [4.69, 9.17) is 11.6 Å². The van der Waals surface area contributed by atoms with Gasteiger partial charge in [-0.05, 0) is 56.6 Å². The molecule has 0 bridgehead atoms. The number of halogens is 1. The number of hydrogen-bond acceptors (Lipinski definition) is 2. The van der Waals surface area contributed by atoms with E-state index < -0.39 is 0 Å². The number of benzene rings is 1. The molecule has 2 N–H and O–H groups in total. The van der Waals surface area contributed by atoms with Crippen LogP contribution < -0.4 is 10.6 Å². The Morgan fingerprint density at radius 2 is 1.94 bits per heavy atom. The first-order valence-corrected chi connectivity index (χ1v) is 6.82. The van der Waals surface area contributed by atoms with Gasteiger partial charge in [0.15, 0.2) is 0 Å². The summed E-state index contributed by atoms with van der Waals surface area (Å²) in [5, 5.41) is 6.99. The molecule has 1 aliphatic heterocycles. The van der Waals surface area contributed by atoms with Crippen LogP contribution in [0.3, 0.4) is 0 Å². The quantitative estimate of drug-likeness (QED) is 0.883. The van der Waals surface area contributed by atoms with E-state index >= 15 is 0 Å². The second-order valence-corrected chi connectivity index (χ2v) is 5.28. The summed E-state index contributed by atoms with van der Waals surface area (Å²) in [6, 6.07) is 7.26. The molecule has 1 aliphatic rings. The van der Waals surface area contributed by atoms with Gasteiger partial charge in [0.05, 0.1) is 5.41 Å². The fourth-order valence-electron chi connectivity index (χ4n) is 2.44. The van der Waals surface area contributed by atoms with Crippen LogP contribution in [-0.2, 0) is 4.79 Å². The lowest BCUT2D eigenvalue weighted by Crippen LogP contribution is -2.44. The Bertz CT molecular complexity index is 410. The minimum Gasteiger partial charge on any atom is -0.326 e. The van der Waals surface area contributed by atoms with Crippen LogP contribution in [0.4, 0.5) is 5.69 Å². The predicted molar refractivity (Wildman–Crippen MR) is 74.9 cm³/mol. The third-order valence-electron chi connectivity index (χ3n) is 3.82. The summed E-state index contributed by atoms with van der Waals surface area (Å²) in [4.78, 5) is 12.4. The highest BCUT2D eigenvalue weighted by atomic mass is 35.5. The van der Waals surface area contributed by atoms with Crippen LogP contribution in [0.1, 0.15) is 26.2 Å². The number of carbonyl (C=O) groups is 1. The molecule has 1 saturated heterocycles. The van der Waals surface area contributed by atoms with Gasteiger partial charge in [-0.25, -0.2) is 0 Å². The molecule has 0 atom stereocenters. The lowest BCUT2D eigenvalue weighted by molar-refractivity contribution is -0.127. The lowest BCUT2D eigenvalue weighted by Gasteiger charge is -2.35. The fraction of sp³-hybridized carbons (Fsp3) is 0.500. The Balaban J connectivity index is 2.07. The van der Waals surface area contributed by atoms with Crippen LogP contribution in [0.2, 0.25) is 5.02 Å². The van der Waals surface area contributed by atoms with Gasteiger partial charge in [-0.15, -0.1) is 0 Å². The zero-order valence-corrected chi connectivity index (χ0v) is 11.4. The van der Waals surface area contributed by atoms with Crippen molar-refractivity contribution < 1.29 is 4.79 Å². The smallest absolute Gasteiger partial charge is 0.230 e. The van der Waals surface area contributed by atoms with Crippen LogP contribution in [0, 0.1) is 5.41 Å². The standard InChI is InChI=1S/C14H19ClN2O/c1-2-14(7-9-16-10-8-14)13(18)17-12-5-3-11(15)4-6-12/h3-6,16H,2,7-10H2,1H3,(H,17,18). The van der Waals surface area contributed by atoms with Crippen LogP contribution in [0.5, 0.6) is 0 Å². The Kier molecular flexibility index (Phi) is 4.25. The number of anilines is 1. The Morgan fingerprint density at radius 1 is 1.33 bits per heavy atom. The van der Waals surface area contributed by atoms with Gasteiger partial charge in [-0.2, -0.15) is 0 Å².